The lowest BCUT2D eigenvalue weighted by Gasteiger charge is -2.24. The molecule has 0 aliphatic rings. The molecule has 8 heteroatoms. The van der Waals surface area contributed by atoms with Crippen LogP contribution < -0.4 is 0 Å². The molecule has 55 heavy (non-hydrogen) atoms. The number of nitrogens with zero attached hydrogens (tertiary/aromatic N) is 7. The summed E-state index contributed by atoms with van der Waals surface area (Å²) in [5.41, 5.74) is 11.1. The summed E-state index contributed by atoms with van der Waals surface area (Å²) in [7, 11) is 0. The van der Waals surface area contributed by atoms with Crippen LogP contribution in [0.25, 0.3) is 50.8 Å². The van der Waals surface area contributed by atoms with Gasteiger partial charge in [0.25, 0.3) is 0 Å². The van der Waals surface area contributed by atoms with Gasteiger partial charge in [0.15, 0.2) is 11.3 Å². The Morgan fingerprint density at radius 3 is 2.07 bits per heavy atom. The van der Waals surface area contributed by atoms with Crippen molar-refractivity contribution < 1.29 is 5.11 Å². The zero-order chi connectivity index (χ0) is 37.8. The van der Waals surface area contributed by atoms with Gasteiger partial charge >= 0.3 is 0 Å². The van der Waals surface area contributed by atoms with Gasteiger partial charge in [0.1, 0.15) is 5.60 Å². The number of aryl methyl sites for hydroxylation is 1. The molecule has 0 bridgehead atoms. The number of aliphatic hydroxyl groups is 1. The normalized spacial score (nSPS) is 12.5. The maximum atomic E-state index is 11.5. The van der Waals surface area contributed by atoms with Crippen molar-refractivity contribution in [1.82, 2.24) is 34.2 Å². The zero-order valence-corrected chi connectivity index (χ0v) is 30.7. The molecular formula is C47H39N7O. The molecule has 8 nitrogen and oxygen atoms in total. The number of aromatic nitrogens is 7. The van der Waals surface area contributed by atoms with Crippen LogP contribution >= 0.6 is 0 Å². The Hall–Kier alpha value is -7.03. The van der Waals surface area contributed by atoms with Gasteiger partial charge in [-0.25, -0.2) is 19.0 Å². The first kappa shape index (κ1) is 35.0. The third-order valence-electron chi connectivity index (χ3n) is 9.74. The van der Waals surface area contributed by atoms with Gasteiger partial charge in [-0.05, 0) is 84.6 Å². The predicted octanol–water partition coefficient (Wildman–Crippen LogP) is 9.70. The summed E-state index contributed by atoms with van der Waals surface area (Å²) in [6.07, 6.45) is 11.8. The second-order valence-corrected chi connectivity index (χ2v) is 13.5. The molecule has 1 N–H and O–H groups in total. The number of benzene rings is 4. The van der Waals surface area contributed by atoms with E-state index in [1.165, 1.54) is 5.56 Å². The lowest BCUT2D eigenvalue weighted by molar-refractivity contribution is 0.0953. The smallest absolute Gasteiger partial charge is 0.153 e. The second-order valence-electron chi connectivity index (χ2n) is 13.5. The molecular weight excluding hydrogens is 679 g/mol. The predicted molar refractivity (Wildman–Crippen MR) is 220 cm³/mol. The number of rotatable bonds is 8. The Morgan fingerprint density at radius 2 is 1.36 bits per heavy atom. The molecule has 5 heterocycles. The van der Waals surface area contributed by atoms with Crippen LogP contribution in [0, 0.1) is 6.92 Å². The van der Waals surface area contributed by atoms with Crippen molar-refractivity contribution in [3.8, 4) is 22.5 Å². The molecule has 0 spiro atoms. The average Bonchev–Trinajstić information content (AvgIpc) is 3.85. The van der Waals surface area contributed by atoms with Crippen LogP contribution in [-0.4, -0.2) is 39.3 Å². The molecule has 9 aromatic rings. The van der Waals surface area contributed by atoms with Crippen LogP contribution in [-0.2, 0) is 12.0 Å². The topological polar surface area (TPSA) is 93.5 Å². The second kappa shape index (κ2) is 15.1. The third kappa shape index (κ3) is 7.31. The number of allylic oxidation sites excluding steroid dienone is 2. The minimum absolute atomic E-state index is 0.618. The number of imidazole rings is 2. The van der Waals surface area contributed by atoms with Crippen LogP contribution in [0.3, 0.4) is 0 Å². The fourth-order valence-electron chi connectivity index (χ4n) is 6.66. The van der Waals surface area contributed by atoms with Crippen molar-refractivity contribution in [3.05, 3.63) is 204 Å². The summed E-state index contributed by atoms with van der Waals surface area (Å²) >= 11 is 0. The van der Waals surface area contributed by atoms with Crippen molar-refractivity contribution in [2.45, 2.75) is 25.9 Å². The van der Waals surface area contributed by atoms with E-state index in [-0.39, 0.29) is 0 Å². The van der Waals surface area contributed by atoms with E-state index in [9.17, 15) is 5.11 Å². The Balaban J connectivity index is 0.000000156. The Kier molecular flexibility index (Phi) is 9.64. The lowest BCUT2D eigenvalue weighted by Crippen LogP contribution is -2.25. The Bertz CT molecular complexity index is 2800. The standard InChI is InChI=1S/C25H23N3O.C22H16N4/c1-4-5-9-20-16-21(13-12-18(20)2)25(3,29)23-17-26-24-15-14-22(27-28(23)24)19-10-7-6-8-11-19;1-2-5-17(6-3-1)21-10-11-22-24-15-19(26(22)25-21)14-16-8-9-20-18(13-16)7-4-12-23-20/h4-17,29H,1H2,2-3H3;1-13,15H,14H2/b9-5-;. The minimum atomic E-state index is -1.26. The molecule has 1 atom stereocenters. The molecule has 9 rings (SSSR count). The largest absolute Gasteiger partial charge is 0.379 e. The van der Waals surface area contributed by atoms with Crippen molar-refractivity contribution in [1.29, 1.82) is 0 Å². The highest BCUT2D eigenvalue weighted by Crippen LogP contribution is 2.32. The number of hydrogen-bond acceptors (Lipinski definition) is 6. The van der Waals surface area contributed by atoms with Gasteiger partial charge < -0.3 is 5.11 Å². The van der Waals surface area contributed by atoms with Crippen molar-refractivity contribution in [2.24, 2.45) is 0 Å². The van der Waals surface area contributed by atoms with Gasteiger partial charge in [-0.2, -0.15) is 10.2 Å². The highest BCUT2D eigenvalue weighted by atomic mass is 16.3. The van der Waals surface area contributed by atoms with Gasteiger partial charge in [-0.1, -0.05) is 110 Å². The molecule has 268 valence electrons. The van der Waals surface area contributed by atoms with Gasteiger partial charge in [0.05, 0.1) is 40.7 Å². The quantitative estimate of drug-likeness (QED) is 0.157. The summed E-state index contributed by atoms with van der Waals surface area (Å²) in [6.45, 7) is 7.55. The molecule has 0 amide bonds. The first-order valence-corrected chi connectivity index (χ1v) is 18.1. The number of pyridine rings is 1. The van der Waals surface area contributed by atoms with Crippen LogP contribution in [0.15, 0.2) is 171 Å². The highest BCUT2D eigenvalue weighted by molar-refractivity contribution is 5.79. The Morgan fingerprint density at radius 1 is 0.691 bits per heavy atom. The van der Waals surface area contributed by atoms with Crippen molar-refractivity contribution in [3.63, 3.8) is 0 Å². The Labute approximate surface area is 319 Å². The van der Waals surface area contributed by atoms with Gasteiger partial charge in [0, 0.05) is 29.1 Å². The molecule has 0 aliphatic heterocycles. The van der Waals surface area contributed by atoms with E-state index in [0.29, 0.717) is 11.3 Å². The van der Waals surface area contributed by atoms with Gasteiger partial charge in [-0.15, -0.1) is 0 Å². The SMILES string of the molecule is C=C/C=C\c1cc(C(C)(O)c2cnc3ccc(-c4ccccc4)nn23)ccc1C.c1ccc(-c2ccc3ncc(Cc4ccc5ncccc5c4)n3n2)cc1. The number of fused-ring (bicyclic) bond motifs is 3. The summed E-state index contributed by atoms with van der Waals surface area (Å²) < 4.78 is 3.66. The van der Waals surface area contributed by atoms with Crippen LogP contribution in [0.2, 0.25) is 0 Å². The molecule has 0 radical (unpaired) electrons. The first-order chi connectivity index (χ1) is 26.9. The van der Waals surface area contributed by atoms with E-state index in [0.717, 1.165) is 67.9 Å². The van der Waals surface area contributed by atoms with Crippen molar-refractivity contribution in [2.75, 3.05) is 0 Å². The molecule has 4 aromatic carbocycles. The van der Waals surface area contributed by atoms with Crippen molar-refractivity contribution >= 4 is 28.3 Å². The van der Waals surface area contributed by atoms with Crippen LogP contribution in [0.5, 0.6) is 0 Å². The summed E-state index contributed by atoms with van der Waals surface area (Å²) in [5.74, 6) is 0. The molecule has 0 aliphatic carbocycles. The fourth-order valence-corrected chi connectivity index (χ4v) is 6.66. The van der Waals surface area contributed by atoms with E-state index < -0.39 is 5.60 Å². The molecule has 0 saturated heterocycles. The van der Waals surface area contributed by atoms with E-state index >= 15 is 0 Å². The summed E-state index contributed by atoms with van der Waals surface area (Å²) in [6, 6.07) is 44.5. The minimum Gasteiger partial charge on any atom is -0.379 e. The molecule has 0 saturated carbocycles. The van der Waals surface area contributed by atoms with Gasteiger partial charge in [-0.3, -0.25) is 4.98 Å². The number of hydrogen-bond donors (Lipinski definition) is 1. The first-order valence-electron chi connectivity index (χ1n) is 18.1. The fraction of sp³-hybridized carbons (Fsp3) is 0.0851. The highest BCUT2D eigenvalue weighted by Gasteiger charge is 2.30. The average molecular weight is 718 g/mol. The lowest BCUT2D eigenvalue weighted by atomic mass is 9.90. The zero-order valence-electron chi connectivity index (χ0n) is 30.7. The third-order valence-corrected chi connectivity index (χ3v) is 9.74. The molecule has 5 aromatic heterocycles. The van der Waals surface area contributed by atoms with Gasteiger partial charge in [0.2, 0.25) is 0 Å². The maximum Gasteiger partial charge on any atom is 0.153 e. The molecule has 0 fully saturated rings. The maximum absolute atomic E-state index is 11.5. The van der Waals surface area contributed by atoms with E-state index in [1.807, 2.05) is 133 Å². The summed E-state index contributed by atoms with van der Waals surface area (Å²) in [5, 5.41) is 22.2. The monoisotopic (exact) mass is 717 g/mol. The summed E-state index contributed by atoms with van der Waals surface area (Å²) in [4.78, 5) is 13.3. The van der Waals surface area contributed by atoms with Crippen LogP contribution in [0.4, 0.5) is 0 Å². The van der Waals surface area contributed by atoms with E-state index in [4.69, 9.17) is 10.2 Å². The van der Waals surface area contributed by atoms with E-state index in [2.05, 4.69) is 57.9 Å². The van der Waals surface area contributed by atoms with E-state index in [1.54, 1.807) is 23.7 Å². The molecule has 1 unspecified atom stereocenters. The van der Waals surface area contributed by atoms with Crippen LogP contribution in [0.1, 0.15) is 40.6 Å².